The van der Waals surface area contributed by atoms with Crippen molar-refractivity contribution in [3.63, 3.8) is 0 Å². The minimum Gasteiger partial charge on any atom is -0.385 e. The van der Waals surface area contributed by atoms with Crippen LogP contribution in [0.3, 0.4) is 0 Å². The van der Waals surface area contributed by atoms with E-state index in [0.29, 0.717) is 10.7 Å². The number of benzene rings is 1. The predicted octanol–water partition coefficient (Wildman–Crippen LogP) is 3.25. The molecule has 0 saturated carbocycles. The molecule has 0 aliphatic heterocycles. The van der Waals surface area contributed by atoms with Gasteiger partial charge >= 0.3 is 0 Å². The molecule has 1 aromatic carbocycles. The van der Waals surface area contributed by atoms with Gasteiger partial charge in [0.1, 0.15) is 5.82 Å². The maximum atomic E-state index is 12.9. The largest absolute Gasteiger partial charge is 0.385 e. The second-order valence-corrected chi connectivity index (χ2v) is 2.68. The van der Waals surface area contributed by atoms with Gasteiger partial charge in [-0.2, -0.15) is 0 Å². The molecule has 0 saturated heterocycles. The molecular weight excluding hydrogens is 200 g/mol. The summed E-state index contributed by atoms with van der Waals surface area (Å²) in [6.45, 7) is 1.84. The molecule has 0 heterocycles. The molecule has 0 fully saturated rings. The molecule has 0 aliphatic rings. The monoisotopic (exact) mass is 209 g/mol. The third-order valence-corrected chi connectivity index (χ3v) is 2.02. The Morgan fingerprint density at radius 2 is 2.00 bits per heavy atom. The Balaban J connectivity index is 0.00000121. The van der Waals surface area contributed by atoms with Gasteiger partial charge in [-0.05, 0) is 18.6 Å². The van der Waals surface area contributed by atoms with Crippen LogP contribution in [0.1, 0.15) is 5.56 Å². The molecule has 0 unspecified atom stereocenters. The summed E-state index contributed by atoms with van der Waals surface area (Å²) in [6.07, 6.45) is 0. The summed E-state index contributed by atoms with van der Waals surface area (Å²) in [5.74, 6) is -0.317. The van der Waals surface area contributed by atoms with E-state index in [9.17, 15) is 4.39 Å². The van der Waals surface area contributed by atoms with Crippen LogP contribution in [0.4, 0.5) is 10.1 Å². The fraction of sp³-hybridized carbons (Fsp3) is 0.250. The number of rotatable bonds is 1. The van der Waals surface area contributed by atoms with Gasteiger partial charge in [0, 0.05) is 7.05 Å². The van der Waals surface area contributed by atoms with Crippen LogP contribution in [-0.2, 0) is 0 Å². The highest BCUT2D eigenvalue weighted by Crippen LogP contribution is 2.27. The Hall–Kier alpha value is -0.470. The lowest BCUT2D eigenvalue weighted by atomic mass is 10.2. The summed E-state index contributed by atoms with van der Waals surface area (Å²) in [5.41, 5.74) is 1.24. The van der Waals surface area contributed by atoms with Gasteiger partial charge in [-0.15, -0.1) is 12.4 Å². The zero-order valence-corrected chi connectivity index (χ0v) is 8.39. The Kier molecular flexibility index (Phi) is 4.35. The van der Waals surface area contributed by atoms with Crippen LogP contribution in [0.15, 0.2) is 12.1 Å². The highest BCUT2D eigenvalue weighted by Gasteiger charge is 2.06. The maximum absolute atomic E-state index is 12.9. The van der Waals surface area contributed by atoms with Crippen LogP contribution < -0.4 is 5.32 Å². The summed E-state index contributed by atoms with van der Waals surface area (Å²) in [5, 5.41) is 3.15. The van der Waals surface area contributed by atoms with Gasteiger partial charge in [0.15, 0.2) is 0 Å². The zero-order chi connectivity index (χ0) is 8.43. The average Bonchev–Trinajstić information content (AvgIpc) is 1.99. The molecule has 0 radical (unpaired) electrons. The van der Waals surface area contributed by atoms with Crippen molar-refractivity contribution < 1.29 is 4.39 Å². The van der Waals surface area contributed by atoms with E-state index in [4.69, 9.17) is 11.6 Å². The molecule has 0 aromatic heterocycles. The molecule has 0 spiro atoms. The van der Waals surface area contributed by atoms with Crippen LogP contribution in [0.5, 0.6) is 0 Å². The fourth-order valence-corrected chi connectivity index (χ4v) is 1.13. The van der Waals surface area contributed by atoms with E-state index in [-0.39, 0.29) is 18.2 Å². The fourth-order valence-electron chi connectivity index (χ4n) is 0.886. The predicted molar refractivity (Wildman–Crippen MR) is 52.9 cm³/mol. The number of anilines is 1. The number of aryl methyl sites for hydroxylation is 1. The summed E-state index contributed by atoms with van der Waals surface area (Å²) >= 11 is 5.80. The quantitative estimate of drug-likeness (QED) is 0.750. The Bertz CT molecular complexity index is 276. The van der Waals surface area contributed by atoms with Crippen molar-refractivity contribution in [2.75, 3.05) is 12.4 Å². The van der Waals surface area contributed by atoms with Crippen molar-refractivity contribution in [2.24, 2.45) is 0 Å². The maximum Gasteiger partial charge on any atom is 0.147 e. The van der Waals surface area contributed by atoms with Crippen molar-refractivity contribution in [3.05, 3.63) is 28.5 Å². The van der Waals surface area contributed by atoms with E-state index in [1.54, 1.807) is 13.1 Å². The number of hydrogen-bond donors (Lipinski definition) is 1. The van der Waals surface area contributed by atoms with Gasteiger partial charge in [-0.25, -0.2) is 4.39 Å². The van der Waals surface area contributed by atoms with E-state index in [0.717, 1.165) is 5.56 Å². The van der Waals surface area contributed by atoms with Gasteiger partial charge < -0.3 is 5.32 Å². The standard InChI is InChI=1S/C8H9ClFN.ClH/c1-5-3-4-6(10)8(11-2)7(5)9;/h3-4,11H,1-2H3;1H. The first-order valence-electron chi connectivity index (χ1n) is 3.29. The molecule has 4 heteroatoms. The minimum absolute atomic E-state index is 0. The van der Waals surface area contributed by atoms with E-state index in [1.807, 2.05) is 6.92 Å². The lowest BCUT2D eigenvalue weighted by molar-refractivity contribution is 0.631. The molecule has 68 valence electrons. The number of halogens is 3. The van der Waals surface area contributed by atoms with Gasteiger partial charge in [-0.1, -0.05) is 17.7 Å². The summed E-state index contributed by atoms with van der Waals surface area (Å²) in [6, 6.07) is 3.05. The summed E-state index contributed by atoms with van der Waals surface area (Å²) < 4.78 is 12.9. The van der Waals surface area contributed by atoms with E-state index < -0.39 is 0 Å². The third-order valence-electron chi connectivity index (χ3n) is 1.53. The molecule has 1 nitrogen and oxygen atoms in total. The minimum atomic E-state index is -0.317. The molecule has 1 rings (SSSR count). The van der Waals surface area contributed by atoms with Gasteiger partial charge in [0.05, 0.1) is 10.7 Å². The summed E-state index contributed by atoms with van der Waals surface area (Å²) in [7, 11) is 1.64. The first-order valence-corrected chi connectivity index (χ1v) is 3.67. The topological polar surface area (TPSA) is 12.0 Å². The third kappa shape index (κ3) is 2.02. The second-order valence-electron chi connectivity index (χ2n) is 2.30. The number of nitrogens with one attached hydrogen (secondary N) is 1. The van der Waals surface area contributed by atoms with E-state index in [1.165, 1.54) is 6.07 Å². The second kappa shape index (κ2) is 4.53. The highest BCUT2D eigenvalue weighted by atomic mass is 35.5. The average molecular weight is 210 g/mol. The van der Waals surface area contributed by atoms with Gasteiger partial charge in [-0.3, -0.25) is 0 Å². The first kappa shape index (κ1) is 11.5. The zero-order valence-electron chi connectivity index (χ0n) is 6.82. The molecule has 0 aliphatic carbocycles. The Labute approximate surface area is 82.3 Å². The van der Waals surface area contributed by atoms with Gasteiger partial charge in [0.25, 0.3) is 0 Å². The normalized spacial score (nSPS) is 9.00. The Morgan fingerprint density at radius 1 is 1.42 bits per heavy atom. The molecule has 1 N–H and O–H groups in total. The van der Waals surface area contributed by atoms with Gasteiger partial charge in [0.2, 0.25) is 0 Å². The molecule has 0 atom stereocenters. The van der Waals surface area contributed by atoms with E-state index in [2.05, 4.69) is 5.32 Å². The molecule has 0 bridgehead atoms. The van der Waals surface area contributed by atoms with Crippen molar-refractivity contribution >= 4 is 29.7 Å². The highest BCUT2D eigenvalue weighted by molar-refractivity contribution is 6.34. The smallest absolute Gasteiger partial charge is 0.147 e. The van der Waals surface area contributed by atoms with Crippen molar-refractivity contribution in [1.29, 1.82) is 0 Å². The van der Waals surface area contributed by atoms with Crippen molar-refractivity contribution in [2.45, 2.75) is 6.92 Å². The van der Waals surface area contributed by atoms with Crippen LogP contribution in [-0.4, -0.2) is 7.05 Å². The SMILES string of the molecule is CNc1c(F)ccc(C)c1Cl.Cl. The molecular formula is C8H10Cl2FN. The lowest BCUT2D eigenvalue weighted by Crippen LogP contribution is -1.94. The van der Waals surface area contributed by atoms with Crippen LogP contribution >= 0.6 is 24.0 Å². The molecule has 0 amide bonds. The number of hydrogen-bond acceptors (Lipinski definition) is 1. The lowest BCUT2D eigenvalue weighted by Gasteiger charge is -2.06. The molecule has 12 heavy (non-hydrogen) atoms. The summed E-state index contributed by atoms with van der Waals surface area (Å²) in [4.78, 5) is 0. The van der Waals surface area contributed by atoms with Crippen molar-refractivity contribution in [1.82, 2.24) is 0 Å². The van der Waals surface area contributed by atoms with E-state index >= 15 is 0 Å². The van der Waals surface area contributed by atoms with Crippen LogP contribution in [0, 0.1) is 12.7 Å². The van der Waals surface area contributed by atoms with Crippen molar-refractivity contribution in [3.8, 4) is 0 Å². The van der Waals surface area contributed by atoms with Crippen LogP contribution in [0.25, 0.3) is 0 Å². The first-order chi connectivity index (χ1) is 5.16. The van der Waals surface area contributed by atoms with Crippen LogP contribution in [0.2, 0.25) is 5.02 Å². The molecule has 1 aromatic rings. The Morgan fingerprint density at radius 3 is 2.42 bits per heavy atom.